The number of hydrogen-bond donors (Lipinski definition) is 1. The Labute approximate surface area is 165 Å². The molecule has 0 unspecified atom stereocenters. The van der Waals surface area contributed by atoms with E-state index in [-0.39, 0.29) is 12.5 Å². The lowest BCUT2D eigenvalue weighted by molar-refractivity contribution is -0.0123. The van der Waals surface area contributed by atoms with E-state index in [0.29, 0.717) is 29.4 Å². The summed E-state index contributed by atoms with van der Waals surface area (Å²) in [6.45, 7) is 0.289. The summed E-state index contributed by atoms with van der Waals surface area (Å²) in [5.41, 5.74) is 0. The Hall–Kier alpha value is -2.43. The maximum absolute atomic E-state index is 12.7. The Bertz CT molecular complexity index is 813. The molecule has 0 radical (unpaired) electrons. The van der Waals surface area contributed by atoms with Gasteiger partial charge in [0.15, 0.2) is 5.76 Å². The van der Waals surface area contributed by atoms with Gasteiger partial charge in [-0.25, -0.2) is 0 Å². The lowest BCUT2D eigenvalue weighted by Gasteiger charge is -2.54. The highest BCUT2D eigenvalue weighted by molar-refractivity contribution is 5.91. The van der Waals surface area contributed by atoms with Crippen molar-refractivity contribution < 1.29 is 18.7 Å². The number of rotatable bonds is 6. The lowest BCUT2D eigenvalue weighted by atomic mass is 9.54. The first-order valence-electron chi connectivity index (χ1n) is 10.3. The summed E-state index contributed by atoms with van der Waals surface area (Å²) in [6.07, 6.45) is 6.58. The molecule has 5 heteroatoms. The second-order valence-electron chi connectivity index (χ2n) is 8.66. The average molecular weight is 381 g/mol. The Morgan fingerprint density at radius 1 is 0.964 bits per heavy atom. The standard InChI is InChI=1S/C23H27NO4/c1-26-18-2-4-19(5-3-18)27-13-20-6-7-21(28-20)23(25)24-22-16-9-14-8-15(11-16)12-17(22)10-14/h2-7,14-17,22H,8-13H2,1H3,(H,24,25). The Morgan fingerprint density at radius 3 is 2.25 bits per heavy atom. The molecule has 4 aliphatic carbocycles. The van der Waals surface area contributed by atoms with Crippen LogP contribution in [0.5, 0.6) is 11.5 Å². The normalized spacial score (nSPS) is 30.2. The zero-order valence-electron chi connectivity index (χ0n) is 16.2. The van der Waals surface area contributed by atoms with Crippen LogP contribution >= 0.6 is 0 Å². The highest BCUT2D eigenvalue weighted by Crippen LogP contribution is 2.53. The summed E-state index contributed by atoms with van der Waals surface area (Å²) in [7, 11) is 1.63. The van der Waals surface area contributed by atoms with Crippen LogP contribution in [0.15, 0.2) is 40.8 Å². The summed E-state index contributed by atoms with van der Waals surface area (Å²) in [5, 5.41) is 3.29. The van der Waals surface area contributed by atoms with Gasteiger partial charge < -0.3 is 19.2 Å². The third-order valence-corrected chi connectivity index (χ3v) is 6.85. The maximum Gasteiger partial charge on any atom is 0.287 e. The highest BCUT2D eigenvalue weighted by atomic mass is 16.5. The van der Waals surface area contributed by atoms with Gasteiger partial charge >= 0.3 is 0 Å². The first kappa shape index (κ1) is 17.7. The number of furan rings is 1. The van der Waals surface area contributed by atoms with Gasteiger partial charge in [-0.15, -0.1) is 0 Å². The number of amides is 1. The van der Waals surface area contributed by atoms with Crippen LogP contribution in [0.25, 0.3) is 0 Å². The van der Waals surface area contributed by atoms with Crippen LogP contribution in [0.2, 0.25) is 0 Å². The van der Waals surface area contributed by atoms with Gasteiger partial charge in [0, 0.05) is 6.04 Å². The minimum Gasteiger partial charge on any atom is -0.497 e. The van der Waals surface area contributed by atoms with Crippen molar-refractivity contribution in [2.75, 3.05) is 7.11 Å². The van der Waals surface area contributed by atoms with E-state index in [1.165, 1.54) is 32.1 Å². The van der Waals surface area contributed by atoms with Gasteiger partial charge in [-0.2, -0.15) is 0 Å². The lowest BCUT2D eigenvalue weighted by Crippen LogP contribution is -2.55. The van der Waals surface area contributed by atoms with Crippen molar-refractivity contribution in [1.29, 1.82) is 0 Å². The summed E-state index contributed by atoms with van der Waals surface area (Å²) in [6, 6.07) is 11.3. The van der Waals surface area contributed by atoms with Gasteiger partial charge in [0.25, 0.3) is 5.91 Å². The number of carbonyl (C=O) groups is 1. The van der Waals surface area contributed by atoms with E-state index < -0.39 is 0 Å². The van der Waals surface area contributed by atoms with Crippen molar-refractivity contribution in [3.63, 3.8) is 0 Å². The topological polar surface area (TPSA) is 60.7 Å². The Balaban J connectivity index is 1.18. The second-order valence-corrected chi connectivity index (χ2v) is 8.66. The molecule has 4 aliphatic rings. The largest absolute Gasteiger partial charge is 0.497 e. The predicted molar refractivity (Wildman–Crippen MR) is 104 cm³/mol. The van der Waals surface area contributed by atoms with Crippen LogP contribution in [0.4, 0.5) is 0 Å². The Morgan fingerprint density at radius 2 is 1.61 bits per heavy atom. The average Bonchev–Trinajstić information content (AvgIpc) is 3.18. The van der Waals surface area contributed by atoms with Crippen LogP contribution < -0.4 is 14.8 Å². The molecule has 5 nitrogen and oxygen atoms in total. The van der Waals surface area contributed by atoms with Crippen molar-refractivity contribution >= 4 is 5.91 Å². The van der Waals surface area contributed by atoms with Gasteiger partial charge in [0.05, 0.1) is 7.11 Å². The summed E-state index contributed by atoms with van der Waals surface area (Å²) in [5.74, 6) is 5.58. The van der Waals surface area contributed by atoms with Crippen molar-refractivity contribution in [2.24, 2.45) is 23.7 Å². The van der Waals surface area contributed by atoms with Crippen molar-refractivity contribution in [3.05, 3.63) is 47.9 Å². The molecular weight excluding hydrogens is 354 g/mol. The summed E-state index contributed by atoms with van der Waals surface area (Å²) in [4.78, 5) is 12.7. The van der Waals surface area contributed by atoms with Crippen molar-refractivity contribution in [3.8, 4) is 11.5 Å². The fourth-order valence-corrected chi connectivity index (χ4v) is 5.79. The van der Waals surface area contributed by atoms with E-state index in [1.54, 1.807) is 13.2 Å². The van der Waals surface area contributed by atoms with Crippen LogP contribution in [0.3, 0.4) is 0 Å². The number of nitrogens with one attached hydrogen (secondary N) is 1. The molecule has 1 heterocycles. The number of methoxy groups -OCH3 is 1. The van der Waals surface area contributed by atoms with E-state index >= 15 is 0 Å². The first-order valence-corrected chi connectivity index (χ1v) is 10.3. The van der Waals surface area contributed by atoms with Crippen LogP contribution in [-0.4, -0.2) is 19.1 Å². The monoisotopic (exact) mass is 381 g/mol. The number of hydrogen-bond acceptors (Lipinski definition) is 4. The van der Waals surface area contributed by atoms with E-state index in [9.17, 15) is 4.79 Å². The smallest absolute Gasteiger partial charge is 0.287 e. The summed E-state index contributed by atoms with van der Waals surface area (Å²) < 4.78 is 16.6. The minimum atomic E-state index is -0.0897. The number of ether oxygens (including phenoxy) is 2. The molecule has 0 atom stereocenters. The van der Waals surface area contributed by atoms with Gasteiger partial charge in [-0.05, 0) is 92.2 Å². The molecule has 4 saturated carbocycles. The highest BCUT2D eigenvalue weighted by Gasteiger charge is 2.48. The molecule has 2 aromatic rings. The maximum atomic E-state index is 12.7. The minimum absolute atomic E-state index is 0.0897. The molecule has 4 bridgehead atoms. The fraction of sp³-hybridized carbons (Fsp3) is 0.522. The molecule has 1 N–H and O–H groups in total. The zero-order chi connectivity index (χ0) is 19.1. The van der Waals surface area contributed by atoms with Gasteiger partial charge in [0.2, 0.25) is 0 Å². The molecule has 1 aromatic heterocycles. The third-order valence-electron chi connectivity index (χ3n) is 6.85. The van der Waals surface area contributed by atoms with E-state index in [4.69, 9.17) is 13.9 Å². The van der Waals surface area contributed by atoms with Crippen LogP contribution in [0, 0.1) is 23.7 Å². The SMILES string of the molecule is COc1ccc(OCc2ccc(C(=O)NC3C4CC5CC(C4)CC3C5)o2)cc1. The zero-order valence-corrected chi connectivity index (χ0v) is 16.2. The second kappa shape index (κ2) is 7.19. The number of carbonyl (C=O) groups excluding carboxylic acids is 1. The molecular formula is C23H27NO4. The van der Waals surface area contributed by atoms with Gasteiger partial charge in [0.1, 0.15) is 23.9 Å². The number of benzene rings is 1. The Kier molecular flexibility index (Phi) is 4.53. The van der Waals surface area contributed by atoms with E-state index in [0.717, 1.165) is 23.3 Å². The van der Waals surface area contributed by atoms with Crippen LogP contribution in [0.1, 0.15) is 48.4 Å². The van der Waals surface area contributed by atoms with Gasteiger partial charge in [-0.3, -0.25) is 4.79 Å². The summed E-state index contributed by atoms with van der Waals surface area (Å²) >= 11 is 0. The van der Waals surface area contributed by atoms with Gasteiger partial charge in [-0.1, -0.05) is 0 Å². The molecule has 0 saturated heterocycles. The molecule has 1 amide bonds. The fourth-order valence-electron chi connectivity index (χ4n) is 5.79. The molecule has 28 heavy (non-hydrogen) atoms. The van der Waals surface area contributed by atoms with E-state index in [1.807, 2.05) is 30.3 Å². The molecule has 4 fully saturated rings. The molecule has 0 spiro atoms. The predicted octanol–water partition coefficient (Wildman–Crippen LogP) is 4.42. The first-order chi connectivity index (χ1) is 13.7. The van der Waals surface area contributed by atoms with Crippen LogP contribution in [-0.2, 0) is 6.61 Å². The molecule has 6 rings (SSSR count). The third kappa shape index (κ3) is 3.38. The van der Waals surface area contributed by atoms with Crippen molar-refractivity contribution in [1.82, 2.24) is 5.32 Å². The van der Waals surface area contributed by atoms with E-state index in [2.05, 4.69) is 5.32 Å². The van der Waals surface area contributed by atoms with Crippen molar-refractivity contribution in [2.45, 2.75) is 44.8 Å². The molecule has 0 aliphatic heterocycles. The quantitative estimate of drug-likeness (QED) is 0.805. The molecule has 1 aromatic carbocycles. The molecule has 148 valence electrons.